The highest BCUT2D eigenvalue weighted by Gasteiger charge is 2.13. The average molecular weight is 386 g/mol. The molecule has 0 saturated carbocycles. The highest BCUT2D eigenvalue weighted by molar-refractivity contribution is 5.91. The summed E-state index contributed by atoms with van der Waals surface area (Å²) in [5, 5.41) is 2.85. The Bertz CT molecular complexity index is 805. The number of anilines is 1. The predicted octanol–water partition coefficient (Wildman–Crippen LogP) is 2.42. The van der Waals surface area contributed by atoms with E-state index in [9.17, 15) is 9.59 Å². The van der Waals surface area contributed by atoms with Crippen molar-refractivity contribution in [2.24, 2.45) is 0 Å². The number of hydrogen-bond acceptors (Lipinski definition) is 5. The minimum absolute atomic E-state index is 0.0979. The van der Waals surface area contributed by atoms with Gasteiger partial charge in [0.25, 0.3) is 0 Å². The first kappa shape index (κ1) is 21.1. The van der Waals surface area contributed by atoms with Gasteiger partial charge < -0.3 is 24.4 Å². The van der Waals surface area contributed by atoms with Crippen molar-refractivity contribution in [3.8, 4) is 17.2 Å². The molecule has 0 aromatic heterocycles. The van der Waals surface area contributed by atoms with E-state index in [0.29, 0.717) is 24.6 Å². The molecule has 2 rings (SSSR count). The predicted molar refractivity (Wildman–Crippen MR) is 107 cm³/mol. The number of hydrogen-bond donors (Lipinski definition) is 1. The molecule has 0 aliphatic carbocycles. The molecule has 0 radical (unpaired) electrons. The summed E-state index contributed by atoms with van der Waals surface area (Å²) in [6, 6.07) is 12.6. The van der Waals surface area contributed by atoms with E-state index < -0.39 is 0 Å². The lowest BCUT2D eigenvalue weighted by Gasteiger charge is -2.21. The Morgan fingerprint density at radius 1 is 0.929 bits per heavy atom. The lowest BCUT2D eigenvalue weighted by atomic mass is 10.1. The zero-order chi connectivity index (χ0) is 20.5. The van der Waals surface area contributed by atoms with Crippen molar-refractivity contribution in [2.45, 2.75) is 13.3 Å². The largest absolute Gasteiger partial charge is 0.497 e. The maximum absolute atomic E-state index is 12.2. The average Bonchev–Trinajstić information content (AvgIpc) is 2.71. The Balaban J connectivity index is 1.91. The number of carbonyl (C=O) groups excluding carboxylic acids is 2. The van der Waals surface area contributed by atoms with Crippen LogP contribution in [0.3, 0.4) is 0 Å². The van der Waals surface area contributed by atoms with Gasteiger partial charge >= 0.3 is 0 Å². The van der Waals surface area contributed by atoms with Crippen molar-refractivity contribution in [3.63, 3.8) is 0 Å². The molecule has 0 aliphatic rings. The van der Waals surface area contributed by atoms with Crippen LogP contribution in [0, 0.1) is 0 Å². The SMILES string of the molecule is COc1ccc(N(CCNC(=O)Cc2ccc(OC)c(OC)c2)C(C)=O)cc1. The number of benzene rings is 2. The molecule has 7 nitrogen and oxygen atoms in total. The van der Waals surface area contributed by atoms with E-state index in [0.717, 1.165) is 17.0 Å². The quantitative estimate of drug-likeness (QED) is 0.716. The fraction of sp³-hybridized carbons (Fsp3) is 0.333. The molecule has 0 saturated heterocycles. The molecule has 0 aliphatic heterocycles. The van der Waals surface area contributed by atoms with E-state index in [1.165, 1.54) is 6.92 Å². The van der Waals surface area contributed by atoms with Crippen LogP contribution < -0.4 is 24.4 Å². The third kappa shape index (κ3) is 5.64. The summed E-state index contributed by atoms with van der Waals surface area (Å²) in [6.45, 7) is 2.22. The Hall–Kier alpha value is -3.22. The molecule has 1 N–H and O–H groups in total. The van der Waals surface area contributed by atoms with Gasteiger partial charge in [-0.25, -0.2) is 0 Å². The van der Waals surface area contributed by atoms with E-state index in [2.05, 4.69) is 5.32 Å². The Kier molecular flexibility index (Phi) is 7.68. The molecule has 2 aromatic carbocycles. The summed E-state index contributed by atoms with van der Waals surface area (Å²) in [5.74, 6) is 1.68. The summed E-state index contributed by atoms with van der Waals surface area (Å²) in [5.41, 5.74) is 1.57. The molecule has 0 bridgehead atoms. The normalized spacial score (nSPS) is 10.1. The standard InChI is InChI=1S/C21H26N2O5/c1-15(24)23(17-6-8-18(26-2)9-7-17)12-11-22-21(25)14-16-5-10-19(27-3)20(13-16)28-4/h5-10,13H,11-12,14H2,1-4H3,(H,22,25). The van der Waals surface area contributed by atoms with Crippen molar-refractivity contribution >= 4 is 17.5 Å². The van der Waals surface area contributed by atoms with Crippen molar-refractivity contribution < 1.29 is 23.8 Å². The number of carbonyl (C=O) groups is 2. The molecule has 0 spiro atoms. The van der Waals surface area contributed by atoms with Crippen LogP contribution in [0.4, 0.5) is 5.69 Å². The molecule has 28 heavy (non-hydrogen) atoms. The molecule has 7 heteroatoms. The number of rotatable bonds is 9. The van der Waals surface area contributed by atoms with Gasteiger partial charge in [-0.2, -0.15) is 0 Å². The van der Waals surface area contributed by atoms with Crippen molar-refractivity contribution in [1.82, 2.24) is 5.32 Å². The second-order valence-electron chi connectivity index (χ2n) is 6.08. The van der Waals surface area contributed by atoms with Crippen LogP contribution in [-0.4, -0.2) is 46.2 Å². The summed E-state index contributed by atoms with van der Waals surface area (Å²) in [4.78, 5) is 25.8. The molecule has 0 heterocycles. The van der Waals surface area contributed by atoms with Crippen LogP contribution in [0.5, 0.6) is 17.2 Å². The monoisotopic (exact) mass is 386 g/mol. The van der Waals surface area contributed by atoms with Crippen molar-refractivity contribution in [1.29, 1.82) is 0 Å². The maximum Gasteiger partial charge on any atom is 0.224 e. The number of nitrogens with one attached hydrogen (secondary N) is 1. The van der Waals surface area contributed by atoms with E-state index >= 15 is 0 Å². The van der Waals surface area contributed by atoms with Crippen LogP contribution >= 0.6 is 0 Å². The van der Waals surface area contributed by atoms with Crippen LogP contribution in [0.25, 0.3) is 0 Å². The van der Waals surface area contributed by atoms with Crippen molar-refractivity contribution in [2.75, 3.05) is 39.3 Å². The first-order valence-corrected chi connectivity index (χ1v) is 8.88. The van der Waals surface area contributed by atoms with Crippen LogP contribution in [0.1, 0.15) is 12.5 Å². The molecule has 2 amide bonds. The Morgan fingerprint density at radius 3 is 2.18 bits per heavy atom. The first-order valence-electron chi connectivity index (χ1n) is 8.88. The molecule has 2 aromatic rings. The third-order valence-corrected chi connectivity index (χ3v) is 4.23. The molecular formula is C21H26N2O5. The van der Waals surface area contributed by atoms with Crippen LogP contribution in [0.15, 0.2) is 42.5 Å². The van der Waals surface area contributed by atoms with E-state index in [1.54, 1.807) is 50.5 Å². The zero-order valence-corrected chi connectivity index (χ0v) is 16.7. The van der Waals surface area contributed by atoms with Gasteiger partial charge in [0, 0.05) is 25.7 Å². The summed E-state index contributed by atoms with van der Waals surface area (Å²) in [6.07, 6.45) is 0.211. The summed E-state index contributed by atoms with van der Waals surface area (Å²) >= 11 is 0. The summed E-state index contributed by atoms with van der Waals surface area (Å²) in [7, 11) is 4.71. The van der Waals surface area contributed by atoms with Gasteiger partial charge in [-0.3, -0.25) is 9.59 Å². The lowest BCUT2D eigenvalue weighted by Crippen LogP contribution is -2.38. The number of ether oxygens (including phenoxy) is 3. The Morgan fingerprint density at radius 2 is 1.61 bits per heavy atom. The van der Waals surface area contributed by atoms with Gasteiger partial charge in [0.2, 0.25) is 11.8 Å². The number of amides is 2. The van der Waals surface area contributed by atoms with Gasteiger partial charge in [0.15, 0.2) is 11.5 Å². The van der Waals surface area contributed by atoms with Crippen LogP contribution in [-0.2, 0) is 16.0 Å². The molecule has 0 atom stereocenters. The van der Waals surface area contributed by atoms with Gasteiger partial charge in [0.1, 0.15) is 5.75 Å². The van der Waals surface area contributed by atoms with Gasteiger partial charge in [-0.15, -0.1) is 0 Å². The van der Waals surface area contributed by atoms with E-state index in [-0.39, 0.29) is 18.2 Å². The molecule has 150 valence electrons. The lowest BCUT2D eigenvalue weighted by molar-refractivity contribution is -0.121. The minimum Gasteiger partial charge on any atom is -0.497 e. The van der Waals surface area contributed by atoms with Crippen LogP contribution in [0.2, 0.25) is 0 Å². The highest BCUT2D eigenvalue weighted by atomic mass is 16.5. The second-order valence-corrected chi connectivity index (χ2v) is 6.08. The smallest absolute Gasteiger partial charge is 0.224 e. The highest BCUT2D eigenvalue weighted by Crippen LogP contribution is 2.27. The number of methoxy groups -OCH3 is 3. The maximum atomic E-state index is 12.2. The molecule has 0 unspecified atom stereocenters. The topological polar surface area (TPSA) is 77.1 Å². The fourth-order valence-electron chi connectivity index (χ4n) is 2.78. The van der Waals surface area contributed by atoms with Gasteiger partial charge in [-0.05, 0) is 42.0 Å². The second kappa shape index (κ2) is 10.2. The molecule has 0 fully saturated rings. The van der Waals surface area contributed by atoms with Gasteiger partial charge in [0.05, 0.1) is 27.8 Å². The first-order chi connectivity index (χ1) is 13.5. The molecular weight excluding hydrogens is 360 g/mol. The fourth-order valence-corrected chi connectivity index (χ4v) is 2.78. The van der Waals surface area contributed by atoms with E-state index in [4.69, 9.17) is 14.2 Å². The van der Waals surface area contributed by atoms with E-state index in [1.807, 2.05) is 18.2 Å². The van der Waals surface area contributed by atoms with Crippen molar-refractivity contribution in [3.05, 3.63) is 48.0 Å². The Labute approximate surface area is 165 Å². The third-order valence-electron chi connectivity index (χ3n) is 4.23. The van der Waals surface area contributed by atoms with Gasteiger partial charge in [-0.1, -0.05) is 6.07 Å². The zero-order valence-electron chi connectivity index (χ0n) is 16.7. The number of nitrogens with zero attached hydrogens (tertiary/aromatic N) is 1. The summed E-state index contributed by atoms with van der Waals surface area (Å²) < 4.78 is 15.6. The minimum atomic E-state index is -0.134.